The average molecular weight is 373 g/mol. The Hall–Kier alpha value is -3.87. The normalized spacial score (nSPS) is 10.6. The fourth-order valence-corrected chi connectivity index (χ4v) is 3.05. The lowest BCUT2D eigenvalue weighted by atomic mass is 10.1. The average Bonchev–Trinajstić information content (AvgIpc) is 3.05. The number of hydrogen-bond donors (Lipinski definition) is 2. The number of urea groups is 1. The molecule has 0 unspecified atom stereocenters. The van der Waals surface area contributed by atoms with Gasteiger partial charge < -0.3 is 15.4 Å². The molecule has 0 aliphatic carbocycles. The molecule has 4 rings (SSSR count). The first-order valence-corrected chi connectivity index (χ1v) is 8.77. The number of nitrogens with zero attached hydrogens (tertiary/aromatic N) is 3. The maximum Gasteiger partial charge on any atom is 0.323 e. The third-order valence-electron chi connectivity index (χ3n) is 4.39. The molecule has 2 aromatic heterocycles. The molecule has 0 aliphatic rings. The molecule has 140 valence electrons. The van der Waals surface area contributed by atoms with Gasteiger partial charge in [-0.2, -0.15) is 0 Å². The highest BCUT2D eigenvalue weighted by atomic mass is 16.5. The third kappa shape index (κ3) is 3.37. The lowest BCUT2D eigenvalue weighted by molar-refractivity contribution is 0.262. The summed E-state index contributed by atoms with van der Waals surface area (Å²) in [4.78, 5) is 21.3. The third-order valence-corrected chi connectivity index (χ3v) is 4.39. The van der Waals surface area contributed by atoms with Crippen LogP contribution in [0, 0.1) is 6.92 Å². The molecular formula is C21H19N5O2. The quantitative estimate of drug-likeness (QED) is 0.557. The number of imidazole rings is 1. The molecule has 7 heteroatoms. The van der Waals surface area contributed by atoms with Gasteiger partial charge in [-0.25, -0.2) is 14.8 Å². The Labute approximate surface area is 162 Å². The van der Waals surface area contributed by atoms with E-state index in [-0.39, 0.29) is 6.03 Å². The number of carbonyl (C=O) groups excluding carboxylic acids is 1. The van der Waals surface area contributed by atoms with Crippen LogP contribution in [0.1, 0.15) is 5.69 Å². The van der Waals surface area contributed by atoms with Gasteiger partial charge in [0.2, 0.25) is 5.78 Å². The van der Waals surface area contributed by atoms with Gasteiger partial charge in [-0.3, -0.25) is 4.40 Å². The summed E-state index contributed by atoms with van der Waals surface area (Å²) in [5.74, 6) is 1.24. The monoisotopic (exact) mass is 373 g/mol. The van der Waals surface area contributed by atoms with Crippen molar-refractivity contribution < 1.29 is 9.53 Å². The van der Waals surface area contributed by atoms with E-state index in [4.69, 9.17) is 4.74 Å². The maximum absolute atomic E-state index is 12.4. The van der Waals surface area contributed by atoms with Gasteiger partial charge in [0.25, 0.3) is 0 Å². The minimum Gasteiger partial charge on any atom is -0.495 e. The summed E-state index contributed by atoms with van der Waals surface area (Å²) in [5.41, 5.74) is 3.97. The van der Waals surface area contributed by atoms with Crippen LogP contribution in [-0.2, 0) is 0 Å². The summed E-state index contributed by atoms with van der Waals surface area (Å²) >= 11 is 0. The van der Waals surface area contributed by atoms with Crippen molar-refractivity contribution in [3.63, 3.8) is 0 Å². The lowest BCUT2D eigenvalue weighted by Gasteiger charge is -2.11. The highest BCUT2D eigenvalue weighted by molar-refractivity contribution is 6.01. The highest BCUT2D eigenvalue weighted by Crippen LogP contribution is 2.26. The highest BCUT2D eigenvalue weighted by Gasteiger charge is 2.12. The second-order valence-electron chi connectivity index (χ2n) is 6.20. The number of aryl methyl sites for hydroxylation is 1. The number of anilines is 2. The van der Waals surface area contributed by atoms with Crippen LogP contribution >= 0.6 is 0 Å². The minimum absolute atomic E-state index is 0.352. The van der Waals surface area contributed by atoms with Gasteiger partial charge in [-0.15, -0.1) is 0 Å². The van der Waals surface area contributed by atoms with Crippen LogP contribution in [0.15, 0.2) is 67.0 Å². The smallest absolute Gasteiger partial charge is 0.323 e. The van der Waals surface area contributed by atoms with E-state index in [0.717, 1.165) is 17.0 Å². The molecular weight excluding hydrogens is 354 g/mol. The molecule has 28 heavy (non-hydrogen) atoms. The second-order valence-corrected chi connectivity index (χ2v) is 6.20. The van der Waals surface area contributed by atoms with Crippen molar-refractivity contribution in [3.05, 3.63) is 72.7 Å². The number of benzene rings is 2. The van der Waals surface area contributed by atoms with E-state index in [1.165, 1.54) is 0 Å². The van der Waals surface area contributed by atoms with Gasteiger partial charge in [0, 0.05) is 29.3 Å². The maximum atomic E-state index is 12.4. The fourth-order valence-electron chi connectivity index (χ4n) is 3.05. The molecule has 0 fully saturated rings. The van der Waals surface area contributed by atoms with Crippen molar-refractivity contribution >= 4 is 23.2 Å². The van der Waals surface area contributed by atoms with E-state index in [9.17, 15) is 4.79 Å². The number of ether oxygens (including phenoxy) is 1. The summed E-state index contributed by atoms with van der Waals surface area (Å²) in [6.07, 6.45) is 3.64. The number of fused-ring (bicyclic) bond motifs is 1. The van der Waals surface area contributed by atoms with Gasteiger partial charge in [0.05, 0.1) is 18.5 Å². The van der Waals surface area contributed by atoms with Crippen LogP contribution in [0.5, 0.6) is 5.75 Å². The van der Waals surface area contributed by atoms with Gasteiger partial charge in [0.1, 0.15) is 5.75 Å². The summed E-state index contributed by atoms with van der Waals surface area (Å²) in [6.45, 7) is 1.99. The molecule has 0 aliphatic heterocycles. The molecule has 7 nitrogen and oxygen atoms in total. The van der Waals surface area contributed by atoms with Crippen molar-refractivity contribution in [2.45, 2.75) is 6.92 Å². The van der Waals surface area contributed by atoms with Crippen molar-refractivity contribution in [1.29, 1.82) is 0 Å². The number of para-hydroxylation sites is 2. The second kappa shape index (κ2) is 7.40. The molecule has 0 radical (unpaired) electrons. The van der Waals surface area contributed by atoms with Gasteiger partial charge in [-0.1, -0.05) is 24.3 Å². The minimum atomic E-state index is -0.352. The zero-order valence-electron chi connectivity index (χ0n) is 15.5. The van der Waals surface area contributed by atoms with Crippen LogP contribution in [0.4, 0.5) is 16.2 Å². The van der Waals surface area contributed by atoms with E-state index in [1.54, 1.807) is 25.4 Å². The van der Waals surface area contributed by atoms with E-state index >= 15 is 0 Å². The van der Waals surface area contributed by atoms with Crippen molar-refractivity contribution in [2.75, 3.05) is 17.7 Å². The molecule has 0 saturated carbocycles. The molecule has 0 spiro atoms. The standard InChI is InChI=1S/C21H19N5O2/c1-14-19(25-20-22-11-6-12-26(14)20)15-7-5-8-16(13-15)23-21(27)24-17-9-3-4-10-18(17)28-2/h3-13H,1-2H3,(H2,23,24,27). The number of rotatable bonds is 4. The van der Waals surface area contributed by atoms with Crippen LogP contribution in [0.3, 0.4) is 0 Å². The van der Waals surface area contributed by atoms with Crippen LogP contribution < -0.4 is 15.4 Å². The predicted octanol–water partition coefficient (Wildman–Crippen LogP) is 4.36. The van der Waals surface area contributed by atoms with E-state index < -0.39 is 0 Å². The molecule has 2 heterocycles. The Balaban J connectivity index is 1.57. The molecule has 0 atom stereocenters. The summed E-state index contributed by atoms with van der Waals surface area (Å²) in [7, 11) is 1.56. The van der Waals surface area contributed by atoms with Gasteiger partial charge >= 0.3 is 6.03 Å². The number of methoxy groups -OCH3 is 1. The molecule has 0 bridgehead atoms. The predicted molar refractivity (Wildman–Crippen MR) is 109 cm³/mol. The molecule has 2 aromatic carbocycles. The summed E-state index contributed by atoms with van der Waals surface area (Å²) in [5, 5.41) is 5.65. The molecule has 2 amide bonds. The van der Waals surface area contributed by atoms with E-state index in [0.29, 0.717) is 22.9 Å². The molecule has 2 N–H and O–H groups in total. The number of nitrogens with one attached hydrogen (secondary N) is 2. The van der Waals surface area contributed by atoms with Crippen molar-refractivity contribution in [1.82, 2.24) is 14.4 Å². The zero-order chi connectivity index (χ0) is 19.5. The molecule has 0 saturated heterocycles. The first-order chi connectivity index (χ1) is 13.7. The van der Waals surface area contributed by atoms with Gasteiger partial charge in [-0.05, 0) is 37.3 Å². The Kier molecular flexibility index (Phi) is 4.63. The first-order valence-electron chi connectivity index (χ1n) is 8.77. The first kappa shape index (κ1) is 17.5. The van der Waals surface area contributed by atoms with Crippen LogP contribution in [0.25, 0.3) is 17.0 Å². The number of aromatic nitrogens is 3. The van der Waals surface area contributed by atoms with Crippen molar-refractivity contribution in [3.8, 4) is 17.0 Å². The summed E-state index contributed by atoms with van der Waals surface area (Å²) in [6, 6.07) is 16.3. The Bertz CT molecular complexity index is 1150. The Morgan fingerprint density at radius 3 is 2.75 bits per heavy atom. The zero-order valence-corrected chi connectivity index (χ0v) is 15.5. The van der Waals surface area contributed by atoms with Gasteiger partial charge in [0.15, 0.2) is 0 Å². The molecule has 4 aromatic rings. The van der Waals surface area contributed by atoms with Crippen molar-refractivity contribution in [2.24, 2.45) is 0 Å². The number of hydrogen-bond acceptors (Lipinski definition) is 4. The summed E-state index contributed by atoms with van der Waals surface area (Å²) < 4.78 is 7.19. The topological polar surface area (TPSA) is 80.5 Å². The SMILES string of the molecule is COc1ccccc1NC(=O)Nc1cccc(-c2nc3ncccn3c2C)c1. The van der Waals surface area contributed by atoms with E-state index in [2.05, 4.69) is 20.6 Å². The largest absolute Gasteiger partial charge is 0.495 e. The Morgan fingerprint density at radius 1 is 1.07 bits per heavy atom. The number of amides is 2. The number of carbonyl (C=O) groups is 1. The lowest BCUT2D eigenvalue weighted by Crippen LogP contribution is -2.19. The van der Waals surface area contributed by atoms with Crippen LogP contribution in [0.2, 0.25) is 0 Å². The fraction of sp³-hybridized carbons (Fsp3) is 0.0952. The van der Waals surface area contributed by atoms with E-state index in [1.807, 2.05) is 60.0 Å². The van der Waals surface area contributed by atoms with Crippen LogP contribution in [-0.4, -0.2) is 27.5 Å². The Morgan fingerprint density at radius 2 is 1.93 bits per heavy atom.